The Morgan fingerprint density at radius 2 is 2.21 bits per heavy atom. The molecule has 1 aliphatic rings. The summed E-state index contributed by atoms with van der Waals surface area (Å²) in [5.74, 6) is 0.381. The molecule has 7 nitrogen and oxygen atoms in total. The number of rotatable bonds is 3. The highest BCUT2D eigenvalue weighted by atomic mass is 32.2. The van der Waals surface area contributed by atoms with Gasteiger partial charge in [0.05, 0.1) is 12.1 Å². The van der Waals surface area contributed by atoms with Crippen LogP contribution in [0.3, 0.4) is 0 Å². The van der Waals surface area contributed by atoms with Crippen LogP contribution >= 0.6 is 11.8 Å². The van der Waals surface area contributed by atoms with E-state index in [9.17, 15) is 9.59 Å². The number of fused-ring (bicyclic) bond motifs is 1. The predicted molar refractivity (Wildman–Crippen MR) is 71.0 cm³/mol. The number of likely N-dealkylation sites (tertiary alicyclic amines) is 1. The van der Waals surface area contributed by atoms with Crippen molar-refractivity contribution < 1.29 is 4.79 Å². The molecule has 1 aliphatic heterocycles. The van der Waals surface area contributed by atoms with Gasteiger partial charge in [0, 0.05) is 13.1 Å². The fraction of sp³-hybridized carbons (Fsp3) is 0.455. The number of imidazole rings is 1. The lowest BCUT2D eigenvalue weighted by Crippen LogP contribution is -2.29. The number of nitrogens with one attached hydrogen (secondary N) is 2. The van der Waals surface area contributed by atoms with Crippen molar-refractivity contribution in [1.29, 1.82) is 0 Å². The van der Waals surface area contributed by atoms with Crippen molar-refractivity contribution in [3.63, 3.8) is 0 Å². The van der Waals surface area contributed by atoms with E-state index in [0.717, 1.165) is 25.9 Å². The van der Waals surface area contributed by atoms with Gasteiger partial charge in [-0.1, -0.05) is 11.8 Å². The summed E-state index contributed by atoms with van der Waals surface area (Å²) >= 11 is 1.24. The van der Waals surface area contributed by atoms with Crippen LogP contribution in [-0.2, 0) is 4.79 Å². The molecule has 0 radical (unpaired) electrons. The highest BCUT2D eigenvalue weighted by molar-refractivity contribution is 7.99. The van der Waals surface area contributed by atoms with E-state index in [4.69, 9.17) is 0 Å². The van der Waals surface area contributed by atoms with Crippen molar-refractivity contribution in [2.24, 2.45) is 0 Å². The maximum Gasteiger partial charge on any atom is 0.277 e. The fourth-order valence-electron chi connectivity index (χ4n) is 2.08. The molecule has 2 aromatic rings. The van der Waals surface area contributed by atoms with Crippen molar-refractivity contribution in [2.45, 2.75) is 18.0 Å². The first-order valence-corrected chi connectivity index (χ1v) is 7.06. The third kappa shape index (κ3) is 2.48. The van der Waals surface area contributed by atoms with Crippen LogP contribution in [0, 0.1) is 0 Å². The topological polar surface area (TPSA) is 94.7 Å². The molecule has 0 atom stereocenters. The van der Waals surface area contributed by atoms with Crippen molar-refractivity contribution in [3.05, 3.63) is 16.7 Å². The van der Waals surface area contributed by atoms with Crippen LogP contribution in [0.25, 0.3) is 11.2 Å². The summed E-state index contributed by atoms with van der Waals surface area (Å²) in [6.07, 6.45) is 3.58. The number of aromatic amines is 2. The molecule has 1 saturated heterocycles. The van der Waals surface area contributed by atoms with Crippen molar-refractivity contribution >= 4 is 28.8 Å². The van der Waals surface area contributed by atoms with Crippen LogP contribution in [0.4, 0.5) is 0 Å². The molecule has 0 aromatic carbocycles. The summed E-state index contributed by atoms with van der Waals surface area (Å²) in [7, 11) is 0. The normalized spacial score (nSPS) is 15.3. The SMILES string of the molecule is O=C(CSc1nc2nc[nH]c2c(=O)[nH]1)N1CCCC1. The van der Waals surface area contributed by atoms with Crippen molar-refractivity contribution in [2.75, 3.05) is 18.8 Å². The maximum atomic E-state index is 11.9. The molecule has 8 heteroatoms. The molecule has 2 N–H and O–H groups in total. The van der Waals surface area contributed by atoms with Gasteiger partial charge < -0.3 is 9.88 Å². The zero-order chi connectivity index (χ0) is 13.2. The molecule has 2 aromatic heterocycles. The molecular formula is C11H13N5O2S. The Labute approximate surface area is 112 Å². The van der Waals surface area contributed by atoms with Crippen molar-refractivity contribution in [1.82, 2.24) is 24.8 Å². The number of carbonyl (C=O) groups excluding carboxylic acids is 1. The molecule has 1 amide bonds. The quantitative estimate of drug-likeness (QED) is 0.625. The number of aromatic nitrogens is 4. The maximum absolute atomic E-state index is 11.9. The van der Waals surface area contributed by atoms with E-state index in [1.54, 1.807) is 0 Å². The Kier molecular flexibility index (Phi) is 3.24. The smallest absolute Gasteiger partial charge is 0.277 e. The lowest BCUT2D eigenvalue weighted by atomic mass is 10.4. The summed E-state index contributed by atoms with van der Waals surface area (Å²) in [4.78, 5) is 38.9. The van der Waals surface area contributed by atoms with Gasteiger partial charge in [-0.2, -0.15) is 0 Å². The Balaban J connectivity index is 1.71. The lowest BCUT2D eigenvalue weighted by Gasteiger charge is -2.14. The number of amides is 1. The molecule has 0 saturated carbocycles. The highest BCUT2D eigenvalue weighted by Crippen LogP contribution is 2.15. The van der Waals surface area contributed by atoms with Crippen LogP contribution < -0.4 is 5.56 Å². The van der Waals surface area contributed by atoms with Gasteiger partial charge in [0.25, 0.3) is 5.56 Å². The fourth-order valence-corrected chi connectivity index (χ4v) is 2.84. The van der Waals surface area contributed by atoms with Crippen LogP contribution in [0.15, 0.2) is 16.3 Å². The van der Waals surface area contributed by atoms with E-state index in [-0.39, 0.29) is 11.5 Å². The second-order valence-electron chi connectivity index (χ2n) is 4.35. The van der Waals surface area contributed by atoms with Crippen LogP contribution in [-0.4, -0.2) is 49.6 Å². The van der Waals surface area contributed by atoms with Gasteiger partial charge >= 0.3 is 0 Å². The van der Waals surface area contributed by atoms with Gasteiger partial charge in [0.1, 0.15) is 0 Å². The summed E-state index contributed by atoms with van der Waals surface area (Å²) in [6, 6.07) is 0. The van der Waals surface area contributed by atoms with E-state index in [2.05, 4.69) is 19.9 Å². The molecule has 100 valence electrons. The largest absolute Gasteiger partial charge is 0.342 e. The van der Waals surface area contributed by atoms with E-state index >= 15 is 0 Å². The van der Waals surface area contributed by atoms with Crippen molar-refractivity contribution in [3.8, 4) is 0 Å². The Hall–Kier alpha value is -1.83. The minimum Gasteiger partial charge on any atom is -0.342 e. The minimum atomic E-state index is -0.265. The van der Waals surface area contributed by atoms with Gasteiger partial charge in [0.15, 0.2) is 16.3 Å². The molecule has 3 rings (SSSR count). The van der Waals surface area contributed by atoms with Gasteiger partial charge in [-0.3, -0.25) is 14.6 Å². The second kappa shape index (κ2) is 5.04. The Morgan fingerprint density at radius 3 is 3.00 bits per heavy atom. The lowest BCUT2D eigenvalue weighted by molar-refractivity contribution is -0.127. The predicted octanol–water partition coefficient (Wildman–Crippen LogP) is 0.361. The zero-order valence-corrected chi connectivity index (χ0v) is 11.0. The average Bonchev–Trinajstić information content (AvgIpc) is 3.06. The average molecular weight is 279 g/mol. The molecule has 0 unspecified atom stereocenters. The number of nitrogens with zero attached hydrogens (tertiary/aromatic N) is 3. The molecule has 1 fully saturated rings. The molecule has 3 heterocycles. The number of hydrogen-bond acceptors (Lipinski definition) is 5. The highest BCUT2D eigenvalue weighted by Gasteiger charge is 2.18. The van der Waals surface area contributed by atoms with E-state index in [0.29, 0.717) is 22.1 Å². The zero-order valence-electron chi connectivity index (χ0n) is 10.2. The van der Waals surface area contributed by atoms with Gasteiger partial charge in [-0.25, -0.2) is 9.97 Å². The minimum absolute atomic E-state index is 0.0901. The van der Waals surface area contributed by atoms with Gasteiger partial charge in [-0.15, -0.1) is 0 Å². The first kappa shape index (κ1) is 12.2. The summed E-state index contributed by atoms with van der Waals surface area (Å²) < 4.78 is 0. The Bertz CT molecular complexity index is 658. The van der Waals surface area contributed by atoms with Gasteiger partial charge in [0.2, 0.25) is 5.91 Å². The molecule has 0 spiro atoms. The van der Waals surface area contributed by atoms with E-state index in [1.165, 1.54) is 18.1 Å². The summed E-state index contributed by atoms with van der Waals surface area (Å²) in [5.41, 5.74) is 0.466. The molecule has 0 aliphatic carbocycles. The molecular weight excluding hydrogens is 266 g/mol. The number of carbonyl (C=O) groups is 1. The standard InChI is InChI=1S/C11H13N5O2S/c17-7(16-3-1-2-4-16)5-19-11-14-9-8(10(18)15-11)12-6-13-9/h6H,1-5H2,(H2,12,13,14,15,18). The third-order valence-corrected chi connectivity index (χ3v) is 3.92. The first-order valence-electron chi connectivity index (χ1n) is 6.08. The van der Waals surface area contributed by atoms with E-state index in [1.807, 2.05) is 4.90 Å². The Morgan fingerprint density at radius 1 is 1.42 bits per heavy atom. The van der Waals surface area contributed by atoms with E-state index < -0.39 is 0 Å². The van der Waals surface area contributed by atoms with Crippen LogP contribution in [0.2, 0.25) is 0 Å². The van der Waals surface area contributed by atoms with Crippen LogP contribution in [0.5, 0.6) is 0 Å². The number of hydrogen-bond donors (Lipinski definition) is 2. The van der Waals surface area contributed by atoms with Crippen LogP contribution in [0.1, 0.15) is 12.8 Å². The van der Waals surface area contributed by atoms with Gasteiger partial charge in [-0.05, 0) is 12.8 Å². The summed E-state index contributed by atoms with van der Waals surface area (Å²) in [5, 5.41) is 0.428. The molecule has 19 heavy (non-hydrogen) atoms. The number of thioether (sulfide) groups is 1. The number of H-pyrrole nitrogens is 2. The summed E-state index contributed by atoms with van der Waals surface area (Å²) in [6.45, 7) is 1.67. The second-order valence-corrected chi connectivity index (χ2v) is 5.31. The molecule has 0 bridgehead atoms. The monoisotopic (exact) mass is 279 g/mol. The first-order chi connectivity index (χ1) is 9.24. The third-order valence-electron chi connectivity index (χ3n) is 3.07.